The average molecular weight is 312 g/mol. The largest absolute Gasteiger partial charge is 0.480 e. The number of hydrogen-bond acceptors (Lipinski definition) is 3. The summed E-state index contributed by atoms with van der Waals surface area (Å²) in [5.41, 5.74) is -1.64. The van der Waals surface area contributed by atoms with Gasteiger partial charge in [-0.2, -0.15) is 4.72 Å². The number of hydrogen-bond donors (Lipinski definition) is 2. The molecule has 1 rings (SSSR count). The van der Waals surface area contributed by atoms with Crippen LogP contribution in [0.3, 0.4) is 0 Å². The molecule has 0 bridgehead atoms. The topological polar surface area (TPSA) is 83.5 Å². The fourth-order valence-corrected chi connectivity index (χ4v) is 3.27. The Balaban J connectivity index is 3.19. The van der Waals surface area contributed by atoms with E-state index >= 15 is 0 Å². The molecule has 0 amide bonds. The zero-order valence-corrected chi connectivity index (χ0v) is 11.9. The Morgan fingerprint density at radius 2 is 1.89 bits per heavy atom. The van der Waals surface area contributed by atoms with Crippen LogP contribution in [-0.2, 0) is 14.8 Å². The average Bonchev–Trinajstić information content (AvgIpc) is 2.14. The van der Waals surface area contributed by atoms with Crippen LogP contribution < -0.4 is 4.72 Å². The fraction of sp³-hybridized carbons (Fsp3) is 0.300. The number of aliphatic carboxylic acids is 1. The molecule has 18 heavy (non-hydrogen) atoms. The van der Waals surface area contributed by atoms with Gasteiger partial charge in [-0.1, -0.05) is 23.2 Å². The van der Waals surface area contributed by atoms with Crippen molar-refractivity contribution in [2.75, 3.05) is 0 Å². The number of carboxylic acids is 1. The summed E-state index contributed by atoms with van der Waals surface area (Å²) in [6.45, 7) is 2.47. The number of benzene rings is 1. The molecule has 0 aliphatic heterocycles. The molecule has 2 N–H and O–H groups in total. The first-order valence-corrected chi connectivity index (χ1v) is 7.02. The van der Waals surface area contributed by atoms with Gasteiger partial charge in [0.15, 0.2) is 0 Å². The molecule has 0 unspecified atom stereocenters. The van der Waals surface area contributed by atoms with Crippen molar-refractivity contribution in [1.82, 2.24) is 4.72 Å². The third-order valence-corrected chi connectivity index (χ3v) is 4.48. The van der Waals surface area contributed by atoms with Gasteiger partial charge in [-0.25, -0.2) is 8.42 Å². The van der Waals surface area contributed by atoms with E-state index in [4.69, 9.17) is 28.3 Å². The highest BCUT2D eigenvalue weighted by Crippen LogP contribution is 2.25. The summed E-state index contributed by atoms with van der Waals surface area (Å²) in [6.07, 6.45) is 0. The number of carboxylic acid groups (broad SMARTS) is 1. The molecule has 0 saturated carbocycles. The van der Waals surface area contributed by atoms with E-state index in [0.29, 0.717) is 0 Å². The predicted molar refractivity (Wildman–Crippen MR) is 68.5 cm³/mol. The molecule has 0 heterocycles. The van der Waals surface area contributed by atoms with Crippen LogP contribution in [0.4, 0.5) is 0 Å². The molecule has 1 aromatic rings. The molecule has 0 aliphatic rings. The van der Waals surface area contributed by atoms with Crippen molar-refractivity contribution in [2.45, 2.75) is 24.3 Å². The third kappa shape index (κ3) is 3.35. The maximum Gasteiger partial charge on any atom is 0.324 e. The third-order valence-electron chi connectivity index (χ3n) is 2.11. The molecular weight excluding hydrogens is 301 g/mol. The van der Waals surface area contributed by atoms with Gasteiger partial charge < -0.3 is 5.11 Å². The highest BCUT2D eigenvalue weighted by molar-refractivity contribution is 7.89. The predicted octanol–water partition coefficient (Wildman–Crippen LogP) is 2.13. The second kappa shape index (κ2) is 5.05. The standard InChI is InChI=1S/C10H11Cl2NO4S/c1-10(2,9(14)15)13-18(16,17)8-4-3-6(11)5-7(8)12/h3-5,13H,1-2H3,(H,14,15). The summed E-state index contributed by atoms with van der Waals surface area (Å²) in [4.78, 5) is 10.7. The van der Waals surface area contributed by atoms with Crippen LogP contribution in [-0.4, -0.2) is 25.0 Å². The summed E-state index contributed by atoms with van der Waals surface area (Å²) in [6, 6.07) is 3.84. The highest BCUT2D eigenvalue weighted by Gasteiger charge is 2.33. The first kappa shape index (κ1) is 15.2. The molecule has 5 nitrogen and oxygen atoms in total. The normalized spacial score (nSPS) is 12.4. The van der Waals surface area contributed by atoms with Gasteiger partial charge in [-0.3, -0.25) is 4.79 Å². The second-order valence-corrected chi connectivity index (χ2v) is 6.60. The van der Waals surface area contributed by atoms with E-state index < -0.39 is 21.5 Å². The zero-order valence-electron chi connectivity index (χ0n) is 9.57. The number of carbonyl (C=O) groups is 1. The van der Waals surface area contributed by atoms with Crippen LogP contribution in [0.1, 0.15) is 13.8 Å². The van der Waals surface area contributed by atoms with Gasteiger partial charge in [-0.15, -0.1) is 0 Å². The SMILES string of the molecule is CC(C)(NS(=O)(=O)c1ccc(Cl)cc1Cl)C(=O)O. The molecule has 0 spiro atoms. The van der Waals surface area contributed by atoms with Gasteiger partial charge in [0.1, 0.15) is 10.4 Å². The summed E-state index contributed by atoms with van der Waals surface area (Å²) >= 11 is 11.4. The van der Waals surface area contributed by atoms with Crippen molar-refractivity contribution in [3.8, 4) is 0 Å². The van der Waals surface area contributed by atoms with Crippen LogP contribution in [0, 0.1) is 0 Å². The van der Waals surface area contributed by atoms with Crippen molar-refractivity contribution >= 4 is 39.2 Å². The van der Waals surface area contributed by atoms with E-state index in [1.807, 2.05) is 0 Å². The van der Waals surface area contributed by atoms with Crippen molar-refractivity contribution in [2.24, 2.45) is 0 Å². The highest BCUT2D eigenvalue weighted by atomic mass is 35.5. The fourth-order valence-electron chi connectivity index (χ4n) is 1.13. The number of nitrogens with one attached hydrogen (secondary N) is 1. The van der Waals surface area contributed by atoms with Gasteiger partial charge in [0, 0.05) is 5.02 Å². The molecule has 0 fully saturated rings. The van der Waals surface area contributed by atoms with Gasteiger partial charge in [0.05, 0.1) is 5.02 Å². The van der Waals surface area contributed by atoms with Crippen LogP contribution in [0.25, 0.3) is 0 Å². The van der Waals surface area contributed by atoms with E-state index in [9.17, 15) is 13.2 Å². The molecule has 0 saturated heterocycles. The first-order chi connectivity index (χ1) is 8.06. The molecule has 1 aromatic carbocycles. The molecule has 0 atom stereocenters. The maximum absolute atomic E-state index is 12.0. The maximum atomic E-state index is 12.0. The van der Waals surface area contributed by atoms with Gasteiger partial charge in [0.25, 0.3) is 0 Å². The summed E-state index contributed by atoms with van der Waals surface area (Å²) in [7, 11) is -4.03. The lowest BCUT2D eigenvalue weighted by molar-refractivity contribution is -0.142. The van der Waals surface area contributed by atoms with Crippen LogP contribution in [0.5, 0.6) is 0 Å². The molecule has 0 aromatic heterocycles. The van der Waals surface area contributed by atoms with Crippen molar-refractivity contribution in [3.05, 3.63) is 28.2 Å². The van der Waals surface area contributed by atoms with Crippen molar-refractivity contribution in [1.29, 1.82) is 0 Å². The lowest BCUT2D eigenvalue weighted by Gasteiger charge is -2.21. The van der Waals surface area contributed by atoms with E-state index in [0.717, 1.165) is 0 Å². The Morgan fingerprint density at radius 1 is 1.33 bits per heavy atom. The van der Waals surface area contributed by atoms with E-state index in [-0.39, 0.29) is 14.9 Å². The molecular formula is C10H11Cl2NO4S. The first-order valence-electron chi connectivity index (χ1n) is 4.79. The Morgan fingerprint density at radius 3 is 2.33 bits per heavy atom. The van der Waals surface area contributed by atoms with Crippen LogP contribution in [0.2, 0.25) is 10.0 Å². The molecule has 100 valence electrons. The Labute approximate surface area is 115 Å². The minimum Gasteiger partial charge on any atom is -0.480 e. The van der Waals surface area contributed by atoms with Crippen LogP contribution in [0.15, 0.2) is 23.1 Å². The van der Waals surface area contributed by atoms with Gasteiger partial charge in [-0.05, 0) is 32.0 Å². The lowest BCUT2D eigenvalue weighted by Crippen LogP contribution is -2.49. The minimum atomic E-state index is -4.03. The van der Waals surface area contributed by atoms with E-state index in [1.165, 1.54) is 32.0 Å². The Hall–Kier alpha value is -0.820. The molecule has 0 radical (unpaired) electrons. The zero-order chi connectivity index (χ0) is 14.1. The number of rotatable bonds is 4. The quantitative estimate of drug-likeness (QED) is 0.892. The van der Waals surface area contributed by atoms with Gasteiger partial charge >= 0.3 is 5.97 Å². The number of sulfonamides is 1. The van der Waals surface area contributed by atoms with Crippen molar-refractivity contribution < 1.29 is 18.3 Å². The van der Waals surface area contributed by atoms with Gasteiger partial charge in [0.2, 0.25) is 10.0 Å². The minimum absolute atomic E-state index is 0.0730. The van der Waals surface area contributed by atoms with Crippen molar-refractivity contribution in [3.63, 3.8) is 0 Å². The Kier molecular flexibility index (Phi) is 4.27. The molecule has 0 aliphatic carbocycles. The molecule has 8 heteroatoms. The monoisotopic (exact) mass is 311 g/mol. The Bertz CT molecular complexity index is 584. The summed E-state index contributed by atoms with van der Waals surface area (Å²) in [5.74, 6) is -1.30. The number of halogens is 2. The van der Waals surface area contributed by atoms with E-state index in [1.54, 1.807) is 0 Å². The summed E-state index contributed by atoms with van der Waals surface area (Å²) in [5, 5.41) is 9.10. The smallest absolute Gasteiger partial charge is 0.324 e. The summed E-state index contributed by atoms with van der Waals surface area (Å²) < 4.78 is 26.0. The van der Waals surface area contributed by atoms with Crippen LogP contribution >= 0.6 is 23.2 Å². The lowest BCUT2D eigenvalue weighted by atomic mass is 10.1. The van der Waals surface area contributed by atoms with E-state index in [2.05, 4.69) is 4.72 Å². The second-order valence-electron chi connectivity index (χ2n) is 4.11.